The van der Waals surface area contributed by atoms with Crippen molar-refractivity contribution in [2.75, 3.05) is 6.54 Å². The van der Waals surface area contributed by atoms with Crippen molar-refractivity contribution in [3.8, 4) is 0 Å². The van der Waals surface area contributed by atoms with Gasteiger partial charge in [-0.25, -0.2) is 9.59 Å². The predicted molar refractivity (Wildman–Crippen MR) is 74.4 cm³/mol. The van der Waals surface area contributed by atoms with Crippen LogP contribution >= 0.6 is 0 Å². The molecule has 2 bridgehead atoms. The Bertz CT molecular complexity index is 425. The number of carboxylic acids is 1. The second-order valence-electron chi connectivity index (χ2n) is 6.92. The van der Waals surface area contributed by atoms with E-state index >= 15 is 0 Å². The zero-order valence-electron chi connectivity index (χ0n) is 12.1. The van der Waals surface area contributed by atoms with Crippen LogP contribution in [0.15, 0.2) is 0 Å². The maximum atomic E-state index is 12.5. The van der Waals surface area contributed by atoms with Crippen molar-refractivity contribution < 1.29 is 14.7 Å². The van der Waals surface area contributed by atoms with E-state index in [2.05, 4.69) is 5.32 Å². The SMILES string of the molecule is CC1(C(=O)O)CCCCN1C(=O)NC1CC2CCC1C2. The number of fused-ring (bicyclic) bond motifs is 2. The smallest absolute Gasteiger partial charge is 0.329 e. The summed E-state index contributed by atoms with van der Waals surface area (Å²) in [6.07, 6.45) is 7.15. The number of nitrogens with zero attached hydrogens (tertiary/aromatic N) is 1. The van der Waals surface area contributed by atoms with Crippen LogP contribution in [0.3, 0.4) is 0 Å². The number of carbonyl (C=O) groups excluding carboxylic acids is 1. The Hall–Kier alpha value is -1.26. The second-order valence-corrected chi connectivity index (χ2v) is 6.92. The third-order valence-electron chi connectivity index (χ3n) is 5.64. The predicted octanol–water partition coefficient (Wildman–Crippen LogP) is 2.21. The van der Waals surface area contributed by atoms with Crippen LogP contribution in [0.4, 0.5) is 4.79 Å². The fraction of sp³-hybridized carbons (Fsp3) is 0.867. The van der Waals surface area contributed by atoms with Crippen molar-refractivity contribution >= 4 is 12.0 Å². The molecule has 2 N–H and O–H groups in total. The van der Waals surface area contributed by atoms with Gasteiger partial charge in [-0.15, -0.1) is 0 Å². The summed E-state index contributed by atoms with van der Waals surface area (Å²) in [5.41, 5.74) is -1.04. The van der Waals surface area contributed by atoms with Crippen LogP contribution < -0.4 is 5.32 Å². The lowest BCUT2D eigenvalue weighted by atomic mass is 9.88. The Labute approximate surface area is 119 Å². The maximum absolute atomic E-state index is 12.5. The Balaban J connectivity index is 1.67. The topological polar surface area (TPSA) is 69.6 Å². The summed E-state index contributed by atoms with van der Waals surface area (Å²) in [6.45, 7) is 2.23. The van der Waals surface area contributed by atoms with Gasteiger partial charge >= 0.3 is 12.0 Å². The largest absolute Gasteiger partial charge is 0.480 e. The quantitative estimate of drug-likeness (QED) is 0.815. The number of hydrogen-bond donors (Lipinski definition) is 2. The number of likely N-dealkylation sites (tertiary alicyclic amines) is 1. The lowest BCUT2D eigenvalue weighted by Crippen LogP contribution is -2.61. The number of carboxylic acid groups (broad SMARTS) is 1. The first-order chi connectivity index (χ1) is 9.50. The molecular weight excluding hydrogens is 256 g/mol. The minimum absolute atomic E-state index is 0.174. The van der Waals surface area contributed by atoms with Gasteiger partial charge in [0.25, 0.3) is 0 Å². The Morgan fingerprint density at radius 2 is 2.05 bits per heavy atom. The molecule has 2 amide bonds. The summed E-state index contributed by atoms with van der Waals surface area (Å²) in [6, 6.07) is 0.0911. The molecule has 0 aromatic carbocycles. The first-order valence-corrected chi connectivity index (χ1v) is 7.82. The molecule has 1 aliphatic heterocycles. The molecule has 4 unspecified atom stereocenters. The van der Waals surface area contributed by atoms with Gasteiger partial charge in [-0.3, -0.25) is 0 Å². The number of amides is 2. The standard InChI is InChI=1S/C15H24N2O3/c1-15(13(18)19)6-2-3-7-17(15)14(20)16-12-9-10-4-5-11(12)8-10/h10-12H,2-9H2,1H3,(H,16,20)(H,18,19). The molecule has 20 heavy (non-hydrogen) atoms. The highest BCUT2D eigenvalue weighted by molar-refractivity contribution is 5.86. The van der Waals surface area contributed by atoms with Crippen molar-refractivity contribution in [2.24, 2.45) is 11.8 Å². The normalized spacial score (nSPS) is 39.9. The zero-order valence-corrected chi connectivity index (χ0v) is 12.1. The molecule has 2 aliphatic carbocycles. The summed E-state index contributed by atoms with van der Waals surface area (Å²) in [7, 11) is 0. The van der Waals surface area contributed by atoms with Gasteiger partial charge in [-0.05, 0) is 57.3 Å². The molecule has 0 aromatic heterocycles. The number of hydrogen-bond acceptors (Lipinski definition) is 2. The second kappa shape index (κ2) is 4.93. The summed E-state index contributed by atoms with van der Waals surface area (Å²) >= 11 is 0. The van der Waals surface area contributed by atoms with Crippen LogP contribution in [0.2, 0.25) is 0 Å². The van der Waals surface area contributed by atoms with E-state index in [-0.39, 0.29) is 12.1 Å². The molecular formula is C15H24N2O3. The summed E-state index contributed by atoms with van der Waals surface area (Å²) < 4.78 is 0. The zero-order chi connectivity index (χ0) is 14.3. The van der Waals surface area contributed by atoms with Crippen molar-refractivity contribution in [3.05, 3.63) is 0 Å². The minimum Gasteiger partial charge on any atom is -0.480 e. The van der Waals surface area contributed by atoms with Gasteiger partial charge in [0.1, 0.15) is 5.54 Å². The Morgan fingerprint density at radius 3 is 2.65 bits per heavy atom. The number of urea groups is 1. The van der Waals surface area contributed by atoms with Crippen LogP contribution in [0.1, 0.15) is 51.9 Å². The molecule has 0 radical (unpaired) electrons. The van der Waals surface area contributed by atoms with E-state index in [4.69, 9.17) is 0 Å². The van der Waals surface area contributed by atoms with E-state index < -0.39 is 11.5 Å². The fourth-order valence-corrected chi connectivity index (χ4v) is 4.33. The van der Waals surface area contributed by atoms with Gasteiger partial charge in [0.15, 0.2) is 0 Å². The van der Waals surface area contributed by atoms with Crippen LogP contribution in [0.5, 0.6) is 0 Å². The van der Waals surface area contributed by atoms with Crippen molar-refractivity contribution in [1.29, 1.82) is 0 Å². The summed E-state index contributed by atoms with van der Waals surface area (Å²) in [4.78, 5) is 25.6. The van der Waals surface area contributed by atoms with Gasteiger partial charge in [0, 0.05) is 12.6 Å². The molecule has 4 atom stereocenters. The monoisotopic (exact) mass is 280 g/mol. The molecule has 0 spiro atoms. The van der Waals surface area contributed by atoms with Gasteiger partial charge in [0.05, 0.1) is 0 Å². The number of nitrogens with one attached hydrogen (secondary N) is 1. The lowest BCUT2D eigenvalue weighted by molar-refractivity contribution is -0.150. The van der Waals surface area contributed by atoms with Crippen LogP contribution in [0.25, 0.3) is 0 Å². The van der Waals surface area contributed by atoms with Crippen molar-refractivity contribution in [1.82, 2.24) is 10.2 Å². The van der Waals surface area contributed by atoms with Gasteiger partial charge in [0.2, 0.25) is 0 Å². The number of piperidine rings is 1. The Kier molecular flexibility index (Phi) is 3.38. The molecule has 5 heteroatoms. The average molecular weight is 280 g/mol. The summed E-state index contributed by atoms with van der Waals surface area (Å²) in [5, 5.41) is 12.6. The van der Waals surface area contributed by atoms with E-state index in [0.717, 1.165) is 25.2 Å². The molecule has 3 aliphatic rings. The molecule has 112 valence electrons. The van der Waals surface area contributed by atoms with Crippen molar-refractivity contribution in [3.63, 3.8) is 0 Å². The minimum atomic E-state index is -1.04. The highest BCUT2D eigenvalue weighted by atomic mass is 16.4. The van der Waals surface area contributed by atoms with Gasteiger partial charge < -0.3 is 15.3 Å². The molecule has 5 nitrogen and oxygen atoms in total. The number of carbonyl (C=O) groups is 2. The van der Waals surface area contributed by atoms with E-state index in [1.54, 1.807) is 11.8 Å². The number of aliphatic carboxylic acids is 1. The average Bonchev–Trinajstić information content (AvgIpc) is 3.01. The highest BCUT2D eigenvalue weighted by Gasteiger charge is 2.46. The van der Waals surface area contributed by atoms with Crippen molar-refractivity contribution in [2.45, 2.75) is 63.5 Å². The highest BCUT2D eigenvalue weighted by Crippen LogP contribution is 2.44. The molecule has 1 saturated heterocycles. The van der Waals surface area contributed by atoms with Gasteiger partial charge in [-0.2, -0.15) is 0 Å². The van der Waals surface area contributed by atoms with E-state index in [1.165, 1.54) is 19.3 Å². The van der Waals surface area contributed by atoms with Crippen LogP contribution in [0, 0.1) is 11.8 Å². The Morgan fingerprint density at radius 1 is 1.25 bits per heavy atom. The number of rotatable bonds is 2. The molecule has 0 aromatic rings. The third kappa shape index (κ3) is 2.17. The van der Waals surface area contributed by atoms with Crippen LogP contribution in [-0.2, 0) is 4.79 Å². The lowest BCUT2D eigenvalue weighted by Gasteiger charge is -2.42. The fourth-order valence-electron chi connectivity index (χ4n) is 4.33. The van der Waals surface area contributed by atoms with E-state index in [9.17, 15) is 14.7 Å². The molecule has 3 fully saturated rings. The third-order valence-corrected chi connectivity index (χ3v) is 5.64. The van der Waals surface area contributed by atoms with Crippen LogP contribution in [-0.4, -0.2) is 40.1 Å². The molecule has 2 saturated carbocycles. The molecule has 1 heterocycles. The maximum Gasteiger partial charge on any atom is 0.329 e. The first-order valence-electron chi connectivity index (χ1n) is 7.82. The first kappa shape index (κ1) is 13.7. The molecule has 3 rings (SSSR count). The van der Waals surface area contributed by atoms with E-state index in [0.29, 0.717) is 18.9 Å². The van der Waals surface area contributed by atoms with E-state index in [1.807, 2.05) is 0 Å². The summed E-state index contributed by atoms with van der Waals surface area (Å²) in [5.74, 6) is 0.502. The van der Waals surface area contributed by atoms with Gasteiger partial charge in [-0.1, -0.05) is 6.42 Å².